The van der Waals surface area contributed by atoms with Crippen LogP contribution in [0.5, 0.6) is 0 Å². The van der Waals surface area contributed by atoms with Gasteiger partial charge in [0, 0.05) is 24.5 Å². The van der Waals surface area contributed by atoms with Crippen molar-refractivity contribution < 1.29 is 5.11 Å². The molecule has 1 unspecified atom stereocenters. The lowest BCUT2D eigenvalue weighted by Gasteiger charge is -2.08. The number of hydrogen-bond acceptors (Lipinski definition) is 4. The maximum Gasteiger partial charge on any atom is 0.100 e. The smallest absolute Gasteiger partial charge is 0.100 e. The quantitative estimate of drug-likeness (QED) is 0.825. The second-order valence-corrected chi connectivity index (χ2v) is 4.09. The summed E-state index contributed by atoms with van der Waals surface area (Å²) in [7, 11) is 1.87. The van der Waals surface area contributed by atoms with Crippen LogP contribution in [-0.4, -0.2) is 19.6 Å². The van der Waals surface area contributed by atoms with Gasteiger partial charge in [-0.1, -0.05) is 0 Å². The summed E-state index contributed by atoms with van der Waals surface area (Å²) >= 11 is 1.55. The highest BCUT2D eigenvalue weighted by molar-refractivity contribution is 7.09. The molecule has 1 N–H and O–H groups in total. The summed E-state index contributed by atoms with van der Waals surface area (Å²) in [6.45, 7) is 0. The van der Waals surface area contributed by atoms with Gasteiger partial charge in [-0.2, -0.15) is 0 Å². The fourth-order valence-corrected chi connectivity index (χ4v) is 1.96. The molecule has 0 aliphatic heterocycles. The molecule has 0 fully saturated rings. The molecule has 4 nitrogen and oxygen atoms in total. The Kier molecular flexibility index (Phi) is 2.60. The molecule has 2 aromatic heterocycles. The third-order valence-corrected chi connectivity index (χ3v) is 2.88. The number of nitrogens with zero attached hydrogens (tertiary/aromatic N) is 3. The lowest BCUT2D eigenvalue weighted by molar-refractivity contribution is 0.171. The van der Waals surface area contributed by atoms with E-state index < -0.39 is 6.10 Å². The maximum atomic E-state index is 9.88. The first-order valence-corrected chi connectivity index (χ1v) is 5.17. The zero-order valence-corrected chi connectivity index (χ0v) is 8.61. The lowest BCUT2D eigenvalue weighted by atomic mass is 10.2. The van der Waals surface area contributed by atoms with Gasteiger partial charge in [0.15, 0.2) is 0 Å². The van der Waals surface area contributed by atoms with Gasteiger partial charge in [0.05, 0.1) is 23.7 Å². The number of hydrogen-bond donors (Lipinski definition) is 1. The first kappa shape index (κ1) is 9.36. The largest absolute Gasteiger partial charge is 0.386 e. The van der Waals surface area contributed by atoms with Gasteiger partial charge in [-0.3, -0.25) is 4.98 Å². The fourth-order valence-electron chi connectivity index (χ4n) is 1.33. The lowest BCUT2D eigenvalue weighted by Crippen LogP contribution is -2.05. The van der Waals surface area contributed by atoms with Gasteiger partial charge in [-0.25, -0.2) is 4.98 Å². The summed E-state index contributed by atoms with van der Waals surface area (Å²) < 4.78 is 1.83. The minimum Gasteiger partial charge on any atom is -0.386 e. The minimum absolute atomic E-state index is 0.497. The van der Waals surface area contributed by atoms with E-state index in [9.17, 15) is 5.11 Å². The average Bonchev–Trinajstić information content (AvgIpc) is 2.75. The molecule has 1 atom stereocenters. The SMILES string of the molecule is Cn1cncc1C(O)Cc1cncs1. The maximum absolute atomic E-state index is 9.88. The van der Waals surface area contributed by atoms with Crippen LogP contribution in [0.1, 0.15) is 16.7 Å². The Balaban J connectivity index is 2.10. The normalized spacial score (nSPS) is 13.0. The number of aliphatic hydroxyl groups is 1. The van der Waals surface area contributed by atoms with E-state index >= 15 is 0 Å². The first-order chi connectivity index (χ1) is 6.77. The Hall–Kier alpha value is -1.20. The zero-order valence-electron chi connectivity index (χ0n) is 7.79. The fraction of sp³-hybridized carbons (Fsp3) is 0.333. The van der Waals surface area contributed by atoms with Crippen LogP contribution in [0.15, 0.2) is 24.2 Å². The van der Waals surface area contributed by atoms with E-state index in [1.54, 1.807) is 35.6 Å². The number of imidazole rings is 1. The van der Waals surface area contributed by atoms with Crippen LogP contribution in [0.25, 0.3) is 0 Å². The van der Waals surface area contributed by atoms with Gasteiger partial charge in [0.1, 0.15) is 6.10 Å². The molecular weight excluding hydrogens is 198 g/mol. The van der Waals surface area contributed by atoms with Crippen molar-refractivity contribution in [1.82, 2.24) is 14.5 Å². The molecule has 0 radical (unpaired) electrons. The van der Waals surface area contributed by atoms with Crippen molar-refractivity contribution in [3.63, 3.8) is 0 Å². The molecule has 74 valence electrons. The van der Waals surface area contributed by atoms with Crippen molar-refractivity contribution in [1.29, 1.82) is 0 Å². The molecule has 0 bridgehead atoms. The second-order valence-electron chi connectivity index (χ2n) is 3.12. The van der Waals surface area contributed by atoms with Crippen LogP contribution in [0.3, 0.4) is 0 Å². The third kappa shape index (κ3) is 1.83. The molecule has 5 heteroatoms. The van der Waals surface area contributed by atoms with Crippen molar-refractivity contribution in [2.24, 2.45) is 7.05 Å². The summed E-state index contributed by atoms with van der Waals surface area (Å²) in [4.78, 5) is 9.01. The van der Waals surface area contributed by atoms with Crippen molar-refractivity contribution in [2.75, 3.05) is 0 Å². The molecule has 2 rings (SSSR count). The molecule has 0 aromatic carbocycles. The molecule has 0 spiro atoms. The average molecular weight is 209 g/mol. The van der Waals surface area contributed by atoms with Gasteiger partial charge < -0.3 is 9.67 Å². The van der Waals surface area contributed by atoms with Crippen LogP contribution in [0, 0.1) is 0 Å². The Morgan fingerprint density at radius 1 is 1.50 bits per heavy atom. The van der Waals surface area contributed by atoms with E-state index in [1.165, 1.54) is 0 Å². The second kappa shape index (κ2) is 3.89. The monoisotopic (exact) mass is 209 g/mol. The molecular formula is C9H11N3OS. The molecule has 0 aliphatic rings. The standard InChI is InChI=1S/C9H11N3OS/c1-12-5-10-4-8(12)9(13)2-7-3-11-6-14-7/h3-6,9,13H,2H2,1H3. The highest BCUT2D eigenvalue weighted by Crippen LogP contribution is 2.19. The summed E-state index contributed by atoms with van der Waals surface area (Å²) in [6.07, 6.45) is 5.26. The number of rotatable bonds is 3. The van der Waals surface area contributed by atoms with Crippen LogP contribution in [0.2, 0.25) is 0 Å². The van der Waals surface area contributed by atoms with Crippen LogP contribution in [0.4, 0.5) is 0 Å². The molecule has 0 aliphatic carbocycles. The Labute approximate surface area is 85.9 Å². The van der Waals surface area contributed by atoms with E-state index in [1.807, 2.05) is 11.6 Å². The van der Waals surface area contributed by atoms with E-state index in [2.05, 4.69) is 9.97 Å². The number of aliphatic hydroxyl groups excluding tert-OH is 1. The third-order valence-electron chi connectivity index (χ3n) is 2.07. The molecule has 2 heterocycles. The first-order valence-electron chi connectivity index (χ1n) is 4.29. The number of aryl methyl sites for hydroxylation is 1. The summed E-state index contributed by atoms with van der Waals surface area (Å²) in [6, 6.07) is 0. The predicted molar refractivity (Wildman–Crippen MR) is 54.0 cm³/mol. The minimum atomic E-state index is -0.497. The van der Waals surface area contributed by atoms with Gasteiger partial charge in [-0.15, -0.1) is 11.3 Å². The van der Waals surface area contributed by atoms with Crippen molar-refractivity contribution in [3.05, 3.63) is 34.8 Å². The van der Waals surface area contributed by atoms with Gasteiger partial charge in [-0.05, 0) is 0 Å². The van der Waals surface area contributed by atoms with E-state index in [4.69, 9.17) is 0 Å². The highest BCUT2D eigenvalue weighted by atomic mass is 32.1. The Morgan fingerprint density at radius 2 is 2.36 bits per heavy atom. The van der Waals surface area contributed by atoms with E-state index in [0.717, 1.165) is 10.6 Å². The van der Waals surface area contributed by atoms with Gasteiger partial charge in [0.25, 0.3) is 0 Å². The van der Waals surface area contributed by atoms with Crippen LogP contribution >= 0.6 is 11.3 Å². The molecule has 0 amide bonds. The van der Waals surface area contributed by atoms with Crippen LogP contribution in [-0.2, 0) is 13.5 Å². The Bertz CT molecular complexity index is 396. The van der Waals surface area contributed by atoms with E-state index in [-0.39, 0.29) is 0 Å². The topological polar surface area (TPSA) is 50.9 Å². The summed E-state index contributed by atoms with van der Waals surface area (Å²) in [5.41, 5.74) is 2.60. The van der Waals surface area contributed by atoms with Crippen molar-refractivity contribution >= 4 is 11.3 Å². The number of aromatic nitrogens is 3. The van der Waals surface area contributed by atoms with Gasteiger partial charge in [0.2, 0.25) is 0 Å². The summed E-state index contributed by atoms with van der Waals surface area (Å²) in [5, 5.41) is 9.88. The predicted octanol–water partition coefficient (Wildman–Crippen LogP) is 1.15. The zero-order chi connectivity index (χ0) is 9.97. The highest BCUT2D eigenvalue weighted by Gasteiger charge is 2.12. The van der Waals surface area contributed by atoms with Crippen LogP contribution < -0.4 is 0 Å². The molecule has 14 heavy (non-hydrogen) atoms. The van der Waals surface area contributed by atoms with Gasteiger partial charge >= 0.3 is 0 Å². The Morgan fingerprint density at radius 3 is 2.93 bits per heavy atom. The van der Waals surface area contributed by atoms with E-state index in [0.29, 0.717) is 6.42 Å². The number of thiazole rings is 1. The van der Waals surface area contributed by atoms with Crippen molar-refractivity contribution in [2.45, 2.75) is 12.5 Å². The molecule has 0 saturated carbocycles. The molecule has 0 saturated heterocycles. The summed E-state index contributed by atoms with van der Waals surface area (Å²) in [5.74, 6) is 0. The van der Waals surface area contributed by atoms with Crippen molar-refractivity contribution in [3.8, 4) is 0 Å². The molecule has 2 aromatic rings.